The number of fused-ring (bicyclic) bond motifs is 2. The van der Waals surface area contributed by atoms with Crippen LogP contribution in [0.5, 0.6) is 5.75 Å². The summed E-state index contributed by atoms with van der Waals surface area (Å²) in [5, 5.41) is 22.8. The van der Waals surface area contributed by atoms with Crippen molar-refractivity contribution in [2.45, 2.75) is 25.4 Å². The third-order valence-corrected chi connectivity index (χ3v) is 7.01. The average Bonchev–Trinajstić information content (AvgIpc) is 3.49. The number of phenols is 1. The van der Waals surface area contributed by atoms with Gasteiger partial charge in [-0.15, -0.1) is 0 Å². The number of phenolic OH excluding ortho intramolecular Hbond substituents is 1. The summed E-state index contributed by atoms with van der Waals surface area (Å²) in [5.74, 6) is 1.69. The van der Waals surface area contributed by atoms with Gasteiger partial charge >= 0.3 is 0 Å². The Balaban J connectivity index is 1.29. The van der Waals surface area contributed by atoms with Crippen molar-refractivity contribution < 1.29 is 10.2 Å². The molecule has 1 aliphatic carbocycles. The van der Waals surface area contributed by atoms with Crippen LogP contribution in [-0.2, 0) is 13.0 Å². The number of aliphatic hydroxyl groups is 1. The molecule has 0 radical (unpaired) electrons. The number of aryl methyl sites for hydroxylation is 1. The van der Waals surface area contributed by atoms with E-state index >= 15 is 0 Å². The van der Waals surface area contributed by atoms with Gasteiger partial charge in [-0.05, 0) is 48.2 Å². The highest BCUT2D eigenvalue weighted by atomic mass is 16.3. The molecule has 2 aromatic heterocycles. The maximum atomic E-state index is 9.59. The van der Waals surface area contributed by atoms with Crippen molar-refractivity contribution in [2.24, 2.45) is 0 Å². The standard InChI is InChI=1S/C26H29N7O2/c34-16-15-33-17-27-23-24(28-22-10-5-18-3-1-2-4-21(18)22)29-26(30-25(23)33)32-13-11-31(12-14-32)19-6-8-20(35)9-7-19/h1-4,6-9,17,22,34-35H,5,10-16H2,(H,28,29,30). The van der Waals surface area contributed by atoms with E-state index in [9.17, 15) is 10.2 Å². The van der Waals surface area contributed by atoms with Crippen LogP contribution in [0.1, 0.15) is 23.6 Å². The Bertz CT molecular complexity index is 1330. The zero-order valence-electron chi connectivity index (χ0n) is 19.5. The van der Waals surface area contributed by atoms with E-state index in [1.165, 1.54) is 11.1 Å². The maximum Gasteiger partial charge on any atom is 0.229 e. The minimum Gasteiger partial charge on any atom is -0.508 e. The second-order valence-electron chi connectivity index (χ2n) is 9.13. The van der Waals surface area contributed by atoms with E-state index in [-0.39, 0.29) is 18.4 Å². The molecule has 1 aliphatic heterocycles. The first-order valence-corrected chi connectivity index (χ1v) is 12.2. The number of aliphatic hydroxyl groups excluding tert-OH is 1. The normalized spacial score (nSPS) is 17.7. The van der Waals surface area contributed by atoms with Crippen molar-refractivity contribution in [3.8, 4) is 5.75 Å². The lowest BCUT2D eigenvalue weighted by Crippen LogP contribution is -2.47. The van der Waals surface area contributed by atoms with Gasteiger partial charge in [0.05, 0.1) is 19.0 Å². The van der Waals surface area contributed by atoms with Crippen LogP contribution in [0, 0.1) is 0 Å². The van der Waals surface area contributed by atoms with Crippen molar-refractivity contribution in [2.75, 3.05) is 47.9 Å². The maximum absolute atomic E-state index is 9.59. The summed E-state index contributed by atoms with van der Waals surface area (Å²) in [6.45, 7) is 3.70. The summed E-state index contributed by atoms with van der Waals surface area (Å²) >= 11 is 0. The number of aromatic hydroxyl groups is 1. The Labute approximate surface area is 203 Å². The molecule has 6 rings (SSSR count). The number of piperazine rings is 1. The lowest BCUT2D eigenvalue weighted by molar-refractivity contribution is 0.277. The van der Waals surface area contributed by atoms with Crippen LogP contribution in [0.2, 0.25) is 0 Å². The number of nitrogens with one attached hydrogen (secondary N) is 1. The molecule has 0 bridgehead atoms. The van der Waals surface area contributed by atoms with Crippen LogP contribution in [0.15, 0.2) is 54.9 Å². The fraction of sp³-hybridized carbons (Fsp3) is 0.346. The minimum atomic E-state index is 0.0227. The van der Waals surface area contributed by atoms with Gasteiger partial charge in [-0.3, -0.25) is 0 Å². The number of nitrogens with zero attached hydrogens (tertiary/aromatic N) is 6. The van der Waals surface area contributed by atoms with Crippen molar-refractivity contribution in [1.29, 1.82) is 0 Å². The zero-order valence-corrected chi connectivity index (χ0v) is 19.5. The summed E-state index contributed by atoms with van der Waals surface area (Å²) in [6, 6.07) is 16.1. The van der Waals surface area contributed by atoms with Crippen LogP contribution in [0.25, 0.3) is 11.2 Å². The van der Waals surface area contributed by atoms with E-state index in [0.29, 0.717) is 12.5 Å². The first kappa shape index (κ1) is 21.7. The molecule has 9 nitrogen and oxygen atoms in total. The number of hydrogen-bond acceptors (Lipinski definition) is 8. The predicted molar refractivity (Wildman–Crippen MR) is 136 cm³/mol. The Morgan fingerprint density at radius 3 is 2.51 bits per heavy atom. The second-order valence-corrected chi connectivity index (χ2v) is 9.13. The van der Waals surface area contributed by atoms with E-state index < -0.39 is 0 Å². The summed E-state index contributed by atoms with van der Waals surface area (Å²) in [5.41, 5.74) is 5.26. The van der Waals surface area contributed by atoms with Gasteiger partial charge in [-0.1, -0.05) is 24.3 Å². The van der Waals surface area contributed by atoms with E-state index in [0.717, 1.165) is 61.7 Å². The number of rotatable bonds is 6. The van der Waals surface area contributed by atoms with Gasteiger partial charge in [-0.2, -0.15) is 9.97 Å². The molecule has 2 aliphatic rings. The predicted octanol–water partition coefficient (Wildman–Crippen LogP) is 2.95. The first-order valence-electron chi connectivity index (χ1n) is 12.2. The smallest absolute Gasteiger partial charge is 0.229 e. The van der Waals surface area contributed by atoms with Crippen molar-refractivity contribution in [3.63, 3.8) is 0 Å². The largest absolute Gasteiger partial charge is 0.508 e. The average molecular weight is 472 g/mol. The van der Waals surface area contributed by atoms with Crippen LogP contribution in [0.4, 0.5) is 17.5 Å². The Morgan fingerprint density at radius 2 is 1.71 bits per heavy atom. The molecular formula is C26H29N7O2. The Hall–Kier alpha value is -3.85. The molecule has 1 unspecified atom stereocenters. The van der Waals surface area contributed by atoms with Crippen molar-refractivity contribution in [1.82, 2.24) is 19.5 Å². The number of imidazole rings is 1. The third-order valence-electron chi connectivity index (χ3n) is 7.01. The van der Waals surface area contributed by atoms with Gasteiger partial charge in [-0.25, -0.2) is 4.98 Å². The van der Waals surface area contributed by atoms with Crippen LogP contribution >= 0.6 is 0 Å². The number of anilines is 3. The molecule has 1 atom stereocenters. The Morgan fingerprint density at radius 1 is 0.943 bits per heavy atom. The van der Waals surface area contributed by atoms with Gasteiger partial charge in [0.1, 0.15) is 5.75 Å². The highest BCUT2D eigenvalue weighted by molar-refractivity contribution is 5.84. The minimum absolute atomic E-state index is 0.0227. The van der Waals surface area contributed by atoms with Gasteiger partial charge < -0.3 is 29.9 Å². The molecule has 1 saturated heterocycles. The first-order chi connectivity index (χ1) is 17.2. The molecule has 3 heterocycles. The molecule has 35 heavy (non-hydrogen) atoms. The Kier molecular flexibility index (Phi) is 5.61. The number of benzene rings is 2. The lowest BCUT2D eigenvalue weighted by atomic mass is 10.1. The van der Waals surface area contributed by atoms with E-state index in [2.05, 4.69) is 44.4 Å². The molecule has 0 saturated carbocycles. The van der Waals surface area contributed by atoms with Gasteiger partial charge in [0.15, 0.2) is 17.0 Å². The van der Waals surface area contributed by atoms with Crippen molar-refractivity contribution >= 4 is 28.6 Å². The molecule has 2 aromatic carbocycles. The monoisotopic (exact) mass is 471 g/mol. The number of hydrogen-bond donors (Lipinski definition) is 3. The molecular weight excluding hydrogens is 442 g/mol. The molecule has 180 valence electrons. The molecule has 1 fully saturated rings. The fourth-order valence-corrected chi connectivity index (χ4v) is 5.15. The zero-order chi connectivity index (χ0) is 23.8. The summed E-state index contributed by atoms with van der Waals surface area (Å²) in [4.78, 5) is 18.9. The molecule has 0 spiro atoms. The molecule has 0 amide bonds. The van der Waals surface area contributed by atoms with Gasteiger partial charge in [0.25, 0.3) is 0 Å². The molecule has 3 N–H and O–H groups in total. The van der Waals surface area contributed by atoms with Crippen LogP contribution < -0.4 is 15.1 Å². The highest BCUT2D eigenvalue weighted by Gasteiger charge is 2.26. The molecule has 4 aromatic rings. The van der Waals surface area contributed by atoms with E-state index in [1.54, 1.807) is 18.5 Å². The SMILES string of the molecule is OCCn1cnc2c(NC3CCc4ccccc43)nc(N3CCN(c4ccc(O)cc4)CC3)nc21. The fourth-order valence-electron chi connectivity index (χ4n) is 5.15. The van der Waals surface area contributed by atoms with Crippen LogP contribution in [-0.4, -0.2) is 62.5 Å². The third kappa shape index (κ3) is 4.12. The summed E-state index contributed by atoms with van der Waals surface area (Å²) in [7, 11) is 0. The van der Waals surface area contributed by atoms with Crippen molar-refractivity contribution in [3.05, 3.63) is 66.0 Å². The highest BCUT2D eigenvalue weighted by Crippen LogP contribution is 2.35. The van der Waals surface area contributed by atoms with Gasteiger partial charge in [0, 0.05) is 38.4 Å². The quantitative estimate of drug-likeness (QED) is 0.395. The molecule has 9 heteroatoms. The summed E-state index contributed by atoms with van der Waals surface area (Å²) in [6.07, 6.45) is 3.80. The van der Waals surface area contributed by atoms with Gasteiger partial charge in [0.2, 0.25) is 5.95 Å². The van der Waals surface area contributed by atoms with Crippen LogP contribution in [0.3, 0.4) is 0 Å². The van der Waals surface area contributed by atoms with E-state index in [1.807, 2.05) is 16.7 Å². The van der Waals surface area contributed by atoms with E-state index in [4.69, 9.17) is 9.97 Å². The number of aromatic nitrogens is 4. The summed E-state index contributed by atoms with van der Waals surface area (Å²) < 4.78 is 1.89. The second kappa shape index (κ2) is 9.07. The lowest BCUT2D eigenvalue weighted by Gasteiger charge is -2.36. The topological polar surface area (TPSA) is 103 Å².